The number of hydrogen-bond acceptors (Lipinski definition) is 5. The lowest BCUT2D eigenvalue weighted by Crippen LogP contribution is -2.55. The van der Waals surface area contributed by atoms with Crippen molar-refractivity contribution >= 4 is 33.8 Å². The second-order valence-electron chi connectivity index (χ2n) is 6.15. The predicted octanol–water partition coefficient (Wildman–Crippen LogP) is 2.17. The van der Waals surface area contributed by atoms with E-state index < -0.39 is 33.5 Å². The van der Waals surface area contributed by atoms with Crippen LogP contribution in [0.1, 0.15) is 18.4 Å². The van der Waals surface area contributed by atoms with E-state index >= 15 is 0 Å². The fourth-order valence-electron chi connectivity index (χ4n) is 2.83. The lowest BCUT2D eigenvalue weighted by molar-refractivity contribution is -0.119. The number of alkyl halides is 2. The van der Waals surface area contributed by atoms with Crippen LogP contribution in [0, 0.1) is 6.92 Å². The van der Waals surface area contributed by atoms with Gasteiger partial charge in [-0.15, -0.1) is 12.4 Å². The van der Waals surface area contributed by atoms with Crippen LogP contribution in [0.25, 0.3) is 0 Å². The van der Waals surface area contributed by atoms with Gasteiger partial charge < -0.3 is 15.4 Å². The molecule has 0 saturated carbocycles. The van der Waals surface area contributed by atoms with Crippen LogP contribution in [-0.2, 0) is 14.6 Å². The molecule has 10 heteroatoms. The summed E-state index contributed by atoms with van der Waals surface area (Å²) in [6, 6.07) is 4.62. The van der Waals surface area contributed by atoms with Crippen molar-refractivity contribution in [3.8, 4) is 5.75 Å². The van der Waals surface area contributed by atoms with Crippen molar-refractivity contribution in [2.24, 2.45) is 0 Å². The molecule has 6 nitrogen and oxygen atoms in total. The smallest absolute Gasteiger partial charge is 0.272 e. The first-order valence-electron chi connectivity index (χ1n) is 7.89. The van der Waals surface area contributed by atoms with Crippen molar-refractivity contribution in [2.45, 2.75) is 30.9 Å². The van der Waals surface area contributed by atoms with E-state index in [2.05, 4.69) is 10.6 Å². The minimum Gasteiger partial charge on any atom is -0.487 e. The van der Waals surface area contributed by atoms with E-state index in [-0.39, 0.29) is 31.0 Å². The number of nitrogens with one attached hydrogen (secondary N) is 2. The van der Waals surface area contributed by atoms with Gasteiger partial charge in [0.1, 0.15) is 12.4 Å². The van der Waals surface area contributed by atoms with Crippen molar-refractivity contribution in [2.75, 3.05) is 31.3 Å². The van der Waals surface area contributed by atoms with E-state index in [1.54, 1.807) is 19.1 Å². The first kappa shape index (κ1) is 22.6. The van der Waals surface area contributed by atoms with E-state index in [9.17, 15) is 22.0 Å². The van der Waals surface area contributed by atoms with Gasteiger partial charge in [0.25, 0.3) is 6.43 Å². The summed E-state index contributed by atoms with van der Waals surface area (Å²) in [7, 11) is -3.63. The Balaban J connectivity index is 0.00000338. The third-order valence-corrected chi connectivity index (χ3v) is 6.36. The standard InChI is InChI=1S/C16H22F2N2O4S.ClH/c1-11-3-4-12(9-13(11)24-10-14(17)18)20-15(21)16(25(2,22)23)5-7-19-8-6-16;/h3-4,9,14,19H,5-8,10H2,1-2H3,(H,20,21);1H. The second-order valence-corrected chi connectivity index (χ2v) is 8.48. The highest BCUT2D eigenvalue weighted by atomic mass is 35.5. The Morgan fingerprint density at radius 3 is 2.50 bits per heavy atom. The Morgan fingerprint density at radius 2 is 1.96 bits per heavy atom. The average molecular weight is 413 g/mol. The summed E-state index contributed by atoms with van der Waals surface area (Å²) >= 11 is 0. The first-order chi connectivity index (χ1) is 11.7. The molecule has 0 radical (unpaired) electrons. The van der Waals surface area contributed by atoms with E-state index in [0.29, 0.717) is 24.3 Å². The van der Waals surface area contributed by atoms with Crippen LogP contribution in [-0.4, -0.2) is 51.4 Å². The van der Waals surface area contributed by atoms with Gasteiger partial charge in [0, 0.05) is 18.0 Å². The SMILES string of the molecule is Cc1ccc(NC(=O)C2(S(C)(=O)=O)CCNCC2)cc1OCC(F)F.Cl. The highest BCUT2D eigenvalue weighted by Gasteiger charge is 2.48. The third-order valence-electron chi connectivity index (χ3n) is 4.35. The second kappa shape index (κ2) is 8.96. The van der Waals surface area contributed by atoms with Crippen molar-refractivity contribution < 1.29 is 26.7 Å². The summed E-state index contributed by atoms with van der Waals surface area (Å²) in [5.41, 5.74) is 0.944. The third kappa shape index (κ3) is 5.05. The van der Waals surface area contributed by atoms with Crippen molar-refractivity contribution in [3.63, 3.8) is 0 Å². The van der Waals surface area contributed by atoms with Crippen LogP contribution < -0.4 is 15.4 Å². The Hall–Kier alpha value is -1.45. The lowest BCUT2D eigenvalue weighted by Gasteiger charge is -2.34. The molecule has 26 heavy (non-hydrogen) atoms. The van der Waals surface area contributed by atoms with Crippen molar-refractivity contribution in [1.82, 2.24) is 5.32 Å². The van der Waals surface area contributed by atoms with Gasteiger partial charge in [-0.05, 0) is 44.5 Å². The Labute approximate surface area is 158 Å². The number of aryl methyl sites for hydroxylation is 1. The molecule has 0 aliphatic carbocycles. The number of amides is 1. The molecule has 2 rings (SSSR count). The van der Waals surface area contributed by atoms with Crippen LogP contribution in [0.2, 0.25) is 0 Å². The molecule has 0 unspecified atom stereocenters. The molecule has 0 aromatic heterocycles. The van der Waals surface area contributed by atoms with Gasteiger partial charge in [-0.1, -0.05) is 6.07 Å². The molecule has 1 fully saturated rings. The molecule has 2 N–H and O–H groups in total. The number of rotatable bonds is 6. The molecule has 1 aromatic rings. The van der Waals surface area contributed by atoms with Gasteiger partial charge in [0.15, 0.2) is 14.6 Å². The number of anilines is 1. The molecule has 0 atom stereocenters. The number of piperidine rings is 1. The number of halogens is 3. The van der Waals surface area contributed by atoms with Gasteiger partial charge in [0.05, 0.1) is 0 Å². The number of hydrogen-bond donors (Lipinski definition) is 2. The zero-order valence-electron chi connectivity index (χ0n) is 14.6. The topological polar surface area (TPSA) is 84.5 Å². The zero-order valence-corrected chi connectivity index (χ0v) is 16.2. The van der Waals surface area contributed by atoms with Crippen LogP contribution in [0.15, 0.2) is 18.2 Å². The highest BCUT2D eigenvalue weighted by Crippen LogP contribution is 2.30. The minimum absolute atomic E-state index is 0. The predicted molar refractivity (Wildman–Crippen MR) is 98.2 cm³/mol. The largest absolute Gasteiger partial charge is 0.487 e. The average Bonchev–Trinajstić information content (AvgIpc) is 2.54. The number of sulfone groups is 1. The summed E-state index contributed by atoms with van der Waals surface area (Å²) in [6.45, 7) is 1.79. The van der Waals surface area contributed by atoms with E-state index in [1.165, 1.54) is 6.07 Å². The van der Waals surface area contributed by atoms with E-state index in [1.807, 2.05) is 0 Å². The van der Waals surface area contributed by atoms with Crippen LogP contribution >= 0.6 is 12.4 Å². The Morgan fingerprint density at radius 1 is 1.35 bits per heavy atom. The summed E-state index contributed by atoms with van der Waals surface area (Å²) in [6.07, 6.45) is -1.19. The summed E-state index contributed by atoms with van der Waals surface area (Å²) in [5.74, 6) is -0.392. The molecule has 1 aliphatic heterocycles. The molecule has 0 bridgehead atoms. The maximum absolute atomic E-state index is 12.7. The molecule has 1 aromatic carbocycles. The zero-order chi connectivity index (χ0) is 18.7. The quantitative estimate of drug-likeness (QED) is 0.748. The molecule has 0 spiro atoms. The molecular weight excluding hydrogens is 390 g/mol. The van der Waals surface area contributed by atoms with Crippen LogP contribution in [0.4, 0.5) is 14.5 Å². The maximum atomic E-state index is 12.7. The number of ether oxygens (including phenoxy) is 1. The molecular formula is C16H23ClF2N2O4S. The molecule has 1 aliphatic rings. The van der Waals surface area contributed by atoms with Crippen LogP contribution in [0.3, 0.4) is 0 Å². The monoisotopic (exact) mass is 412 g/mol. The Bertz CT molecular complexity index is 738. The number of carbonyl (C=O) groups excluding carboxylic acids is 1. The molecule has 148 valence electrons. The maximum Gasteiger partial charge on any atom is 0.272 e. The Kier molecular flexibility index (Phi) is 7.79. The summed E-state index contributed by atoms with van der Waals surface area (Å²) in [5, 5.41) is 5.64. The first-order valence-corrected chi connectivity index (χ1v) is 9.78. The van der Waals surface area contributed by atoms with Gasteiger partial charge in [0.2, 0.25) is 5.91 Å². The molecule has 1 heterocycles. The lowest BCUT2D eigenvalue weighted by atomic mass is 9.95. The summed E-state index contributed by atoms with van der Waals surface area (Å²) < 4.78 is 52.7. The fourth-order valence-corrected chi connectivity index (χ4v) is 4.16. The number of benzene rings is 1. The van der Waals surface area contributed by atoms with Gasteiger partial charge in [-0.25, -0.2) is 17.2 Å². The van der Waals surface area contributed by atoms with Gasteiger partial charge in [-0.3, -0.25) is 4.79 Å². The minimum atomic E-state index is -3.63. The summed E-state index contributed by atoms with van der Waals surface area (Å²) in [4.78, 5) is 12.7. The molecule has 1 amide bonds. The van der Waals surface area contributed by atoms with Gasteiger partial charge >= 0.3 is 0 Å². The number of carbonyl (C=O) groups is 1. The van der Waals surface area contributed by atoms with Crippen molar-refractivity contribution in [3.05, 3.63) is 23.8 Å². The normalized spacial score (nSPS) is 16.7. The van der Waals surface area contributed by atoms with E-state index in [0.717, 1.165) is 6.26 Å². The fraction of sp³-hybridized carbons (Fsp3) is 0.562. The van der Waals surface area contributed by atoms with E-state index in [4.69, 9.17) is 4.74 Å². The molecule has 1 saturated heterocycles. The van der Waals surface area contributed by atoms with Gasteiger partial charge in [-0.2, -0.15) is 0 Å². The highest BCUT2D eigenvalue weighted by molar-refractivity contribution is 7.92. The van der Waals surface area contributed by atoms with Crippen molar-refractivity contribution in [1.29, 1.82) is 0 Å². The van der Waals surface area contributed by atoms with Crippen LogP contribution in [0.5, 0.6) is 5.75 Å².